The van der Waals surface area contributed by atoms with Gasteiger partial charge in [-0.05, 0) is 24.3 Å². The number of carboxylic acids is 1. The third-order valence-corrected chi connectivity index (χ3v) is 3.83. The molecule has 2 bridgehead atoms. The van der Waals surface area contributed by atoms with Crippen LogP contribution in [0.4, 0.5) is 5.69 Å². The molecule has 6 nitrogen and oxygen atoms in total. The molecule has 1 aromatic rings. The van der Waals surface area contributed by atoms with Crippen LogP contribution in [-0.2, 0) is 14.3 Å². The van der Waals surface area contributed by atoms with E-state index >= 15 is 0 Å². The van der Waals surface area contributed by atoms with Gasteiger partial charge in [0.2, 0.25) is 5.91 Å². The normalized spacial score (nSPS) is 29.4. The summed E-state index contributed by atoms with van der Waals surface area (Å²) in [5.74, 6) is -2.69. The van der Waals surface area contributed by atoms with Crippen LogP contribution in [0.15, 0.2) is 36.4 Å². The lowest BCUT2D eigenvalue weighted by atomic mass is 9.82. The number of aliphatic carboxylic acids is 1. The molecule has 0 spiro atoms. The largest absolute Gasteiger partial charge is 0.550 e. The summed E-state index contributed by atoms with van der Waals surface area (Å²) < 4.78 is 10.5. The van der Waals surface area contributed by atoms with E-state index in [4.69, 9.17) is 9.47 Å². The molecular weight excluding hydrogens is 274 g/mol. The Morgan fingerprint density at radius 1 is 1.14 bits per heavy atom. The number of ether oxygens (including phenoxy) is 2. The van der Waals surface area contributed by atoms with Crippen LogP contribution in [-0.4, -0.2) is 31.2 Å². The van der Waals surface area contributed by atoms with E-state index in [1.807, 2.05) is 0 Å². The van der Waals surface area contributed by atoms with E-state index in [0.717, 1.165) is 0 Å². The molecule has 1 aromatic carbocycles. The second-order valence-corrected chi connectivity index (χ2v) is 5.04. The smallest absolute Gasteiger partial charge is 0.231 e. The van der Waals surface area contributed by atoms with Gasteiger partial charge in [-0.25, -0.2) is 0 Å². The minimum Gasteiger partial charge on any atom is -0.550 e. The van der Waals surface area contributed by atoms with Crippen molar-refractivity contribution < 1.29 is 24.2 Å². The number of fused-ring (bicyclic) bond motifs is 2. The van der Waals surface area contributed by atoms with E-state index in [9.17, 15) is 14.7 Å². The van der Waals surface area contributed by atoms with Crippen LogP contribution in [0.2, 0.25) is 0 Å². The maximum absolute atomic E-state index is 12.3. The van der Waals surface area contributed by atoms with Gasteiger partial charge in [0.25, 0.3) is 0 Å². The van der Waals surface area contributed by atoms with E-state index in [1.165, 1.54) is 0 Å². The minimum atomic E-state index is -1.26. The summed E-state index contributed by atoms with van der Waals surface area (Å²) in [6, 6.07) is 6.80. The molecule has 1 amide bonds. The highest BCUT2D eigenvalue weighted by Gasteiger charge is 2.50. The highest BCUT2D eigenvalue weighted by Crippen LogP contribution is 2.39. The Morgan fingerprint density at radius 2 is 1.76 bits per heavy atom. The first kappa shape index (κ1) is 13.6. The number of hydrogen-bond donors (Lipinski definition) is 1. The maximum atomic E-state index is 12.3. The van der Waals surface area contributed by atoms with Crippen LogP contribution in [0.1, 0.15) is 0 Å². The summed E-state index contributed by atoms with van der Waals surface area (Å²) in [6.45, 7) is 0. The molecule has 21 heavy (non-hydrogen) atoms. The Balaban J connectivity index is 1.75. The summed E-state index contributed by atoms with van der Waals surface area (Å²) in [7, 11) is 1.55. The van der Waals surface area contributed by atoms with E-state index in [1.54, 1.807) is 43.5 Å². The minimum absolute atomic E-state index is 0.383. The van der Waals surface area contributed by atoms with Gasteiger partial charge in [-0.2, -0.15) is 0 Å². The second kappa shape index (κ2) is 5.21. The summed E-state index contributed by atoms with van der Waals surface area (Å²) in [5.41, 5.74) is 0.574. The molecule has 1 saturated heterocycles. The first-order valence-electron chi connectivity index (χ1n) is 6.59. The second-order valence-electron chi connectivity index (χ2n) is 5.04. The fourth-order valence-corrected chi connectivity index (χ4v) is 2.80. The highest BCUT2D eigenvalue weighted by molar-refractivity contribution is 5.96. The van der Waals surface area contributed by atoms with Gasteiger partial charge in [0.05, 0.1) is 25.2 Å². The van der Waals surface area contributed by atoms with Gasteiger partial charge in [-0.1, -0.05) is 12.2 Å². The molecule has 2 aliphatic heterocycles. The van der Waals surface area contributed by atoms with Crippen molar-refractivity contribution >= 4 is 17.6 Å². The molecule has 4 atom stereocenters. The zero-order valence-electron chi connectivity index (χ0n) is 11.3. The van der Waals surface area contributed by atoms with Crippen molar-refractivity contribution in [2.45, 2.75) is 12.2 Å². The molecule has 0 saturated carbocycles. The Morgan fingerprint density at radius 3 is 2.33 bits per heavy atom. The summed E-state index contributed by atoms with van der Waals surface area (Å²) in [4.78, 5) is 23.5. The number of hydrogen-bond acceptors (Lipinski definition) is 5. The topological polar surface area (TPSA) is 87.7 Å². The molecule has 3 rings (SSSR count). The van der Waals surface area contributed by atoms with E-state index < -0.39 is 30.0 Å². The number of carboxylic acid groups (broad SMARTS) is 1. The van der Waals surface area contributed by atoms with Crippen LogP contribution in [0.3, 0.4) is 0 Å². The average Bonchev–Trinajstić information content (AvgIpc) is 3.08. The molecule has 2 aliphatic rings. The molecule has 0 aliphatic carbocycles. The number of methoxy groups -OCH3 is 1. The van der Waals surface area contributed by atoms with Gasteiger partial charge in [-0.3, -0.25) is 4.79 Å². The average molecular weight is 288 g/mol. The molecular formula is C15H14NO5-. The van der Waals surface area contributed by atoms with Crippen molar-refractivity contribution in [3.8, 4) is 5.75 Å². The van der Waals surface area contributed by atoms with Crippen molar-refractivity contribution in [1.82, 2.24) is 0 Å². The van der Waals surface area contributed by atoms with E-state index in [0.29, 0.717) is 11.4 Å². The number of rotatable bonds is 4. The fourth-order valence-electron chi connectivity index (χ4n) is 2.80. The Hall–Kier alpha value is -2.34. The molecule has 110 valence electrons. The maximum Gasteiger partial charge on any atom is 0.231 e. The molecule has 0 aromatic heterocycles. The van der Waals surface area contributed by atoms with Gasteiger partial charge in [-0.15, -0.1) is 0 Å². The standard InChI is InChI=1S/C15H15NO5/c1-20-9-4-2-8(3-5-9)16-14(17)12-10-6-7-11(21-10)13(12)15(18)19/h2-7,10-13H,1H3,(H,16,17)(H,18,19)/p-1. The van der Waals surface area contributed by atoms with Crippen molar-refractivity contribution in [3.63, 3.8) is 0 Å². The number of carbonyl (C=O) groups is 2. The summed E-state index contributed by atoms with van der Waals surface area (Å²) in [6.07, 6.45) is 2.31. The van der Waals surface area contributed by atoms with Gasteiger partial charge >= 0.3 is 0 Å². The van der Waals surface area contributed by atoms with E-state index in [-0.39, 0.29) is 5.91 Å². The predicted octanol–water partition coefficient (Wildman–Crippen LogP) is -0.0468. The number of anilines is 1. The summed E-state index contributed by atoms with van der Waals surface area (Å²) in [5, 5.41) is 13.9. The summed E-state index contributed by atoms with van der Waals surface area (Å²) >= 11 is 0. The van der Waals surface area contributed by atoms with Gasteiger partial charge in [0.15, 0.2) is 0 Å². The first-order chi connectivity index (χ1) is 10.1. The highest BCUT2D eigenvalue weighted by atomic mass is 16.5. The number of carbonyl (C=O) groups excluding carboxylic acids is 2. The van der Waals surface area contributed by atoms with Crippen LogP contribution in [0.25, 0.3) is 0 Å². The van der Waals surface area contributed by atoms with Gasteiger partial charge < -0.3 is 24.7 Å². The number of benzene rings is 1. The Bertz CT molecular complexity index is 595. The predicted molar refractivity (Wildman–Crippen MR) is 71.4 cm³/mol. The third kappa shape index (κ3) is 2.38. The Kier molecular flexibility index (Phi) is 3.39. The lowest BCUT2D eigenvalue weighted by molar-refractivity contribution is -0.313. The number of nitrogens with one attached hydrogen (secondary N) is 1. The van der Waals surface area contributed by atoms with Gasteiger partial charge in [0.1, 0.15) is 5.75 Å². The van der Waals surface area contributed by atoms with Crippen molar-refractivity contribution in [2.75, 3.05) is 12.4 Å². The van der Waals surface area contributed by atoms with Crippen molar-refractivity contribution in [3.05, 3.63) is 36.4 Å². The molecule has 2 heterocycles. The zero-order chi connectivity index (χ0) is 15.0. The van der Waals surface area contributed by atoms with Crippen LogP contribution >= 0.6 is 0 Å². The lowest BCUT2D eigenvalue weighted by Gasteiger charge is -2.24. The Labute approximate surface area is 121 Å². The zero-order valence-corrected chi connectivity index (χ0v) is 11.3. The lowest BCUT2D eigenvalue weighted by Crippen LogP contribution is -2.45. The van der Waals surface area contributed by atoms with Gasteiger partial charge in [0, 0.05) is 17.6 Å². The SMILES string of the molecule is COc1ccc(NC(=O)C2C3C=CC(O3)C2C(=O)[O-])cc1. The monoisotopic (exact) mass is 288 g/mol. The van der Waals surface area contributed by atoms with Crippen molar-refractivity contribution in [2.24, 2.45) is 11.8 Å². The van der Waals surface area contributed by atoms with Crippen molar-refractivity contribution in [1.29, 1.82) is 0 Å². The molecule has 0 radical (unpaired) electrons. The fraction of sp³-hybridized carbons (Fsp3) is 0.333. The van der Waals surface area contributed by atoms with Crippen LogP contribution in [0.5, 0.6) is 5.75 Å². The third-order valence-electron chi connectivity index (χ3n) is 3.83. The number of amides is 1. The van der Waals surface area contributed by atoms with Crippen LogP contribution in [0, 0.1) is 11.8 Å². The molecule has 1 N–H and O–H groups in total. The molecule has 1 fully saturated rings. The molecule has 6 heteroatoms. The quantitative estimate of drug-likeness (QED) is 0.785. The first-order valence-corrected chi connectivity index (χ1v) is 6.59. The van der Waals surface area contributed by atoms with E-state index in [2.05, 4.69) is 5.32 Å². The van der Waals surface area contributed by atoms with Crippen LogP contribution < -0.4 is 15.2 Å². The molecule has 4 unspecified atom stereocenters.